The Morgan fingerprint density at radius 3 is 2.65 bits per heavy atom. The van der Waals surface area contributed by atoms with Crippen LogP contribution in [0.5, 0.6) is 5.75 Å². The summed E-state index contributed by atoms with van der Waals surface area (Å²) in [6, 6.07) is 10.1. The van der Waals surface area contributed by atoms with E-state index in [1.165, 1.54) is 0 Å². The molecule has 0 aliphatic rings. The van der Waals surface area contributed by atoms with E-state index in [-0.39, 0.29) is 12.4 Å². The second kappa shape index (κ2) is 6.65. The van der Waals surface area contributed by atoms with Crippen LogP contribution in [0.15, 0.2) is 42.5 Å². The number of amides is 1. The average molecular weight is 389 g/mol. The highest BCUT2D eigenvalue weighted by atomic mass is 127. The van der Waals surface area contributed by atoms with Crippen molar-refractivity contribution in [3.05, 3.63) is 57.7 Å². The standard InChI is InChI=1S/C14H10F2INO2/c15-9-5-6-13(10(16)7-9)20-8-14(19)18-12-4-2-1-3-11(12)17/h1-7H,8H2,(H,18,19). The smallest absolute Gasteiger partial charge is 0.262 e. The van der Waals surface area contributed by atoms with Gasteiger partial charge in [0.2, 0.25) is 0 Å². The molecule has 0 heterocycles. The summed E-state index contributed by atoms with van der Waals surface area (Å²) in [4.78, 5) is 11.7. The molecule has 0 aromatic heterocycles. The Morgan fingerprint density at radius 1 is 1.20 bits per heavy atom. The molecule has 0 unspecified atom stereocenters. The van der Waals surface area contributed by atoms with Crippen molar-refractivity contribution in [3.8, 4) is 5.75 Å². The molecule has 0 spiro atoms. The number of nitrogens with one attached hydrogen (secondary N) is 1. The van der Waals surface area contributed by atoms with Crippen LogP contribution < -0.4 is 10.1 Å². The molecule has 1 amide bonds. The molecule has 2 rings (SSSR count). The maximum atomic E-state index is 13.3. The fourth-order valence-electron chi connectivity index (χ4n) is 1.48. The van der Waals surface area contributed by atoms with Crippen LogP contribution in [0.3, 0.4) is 0 Å². The molecule has 20 heavy (non-hydrogen) atoms. The molecule has 104 valence electrons. The predicted octanol–water partition coefficient (Wildman–Crippen LogP) is 3.59. The van der Waals surface area contributed by atoms with E-state index in [1.807, 2.05) is 12.1 Å². The van der Waals surface area contributed by atoms with Crippen LogP contribution in [0.4, 0.5) is 14.5 Å². The van der Waals surface area contributed by atoms with E-state index < -0.39 is 17.5 Å². The van der Waals surface area contributed by atoms with Crippen LogP contribution >= 0.6 is 22.6 Å². The Morgan fingerprint density at radius 2 is 1.95 bits per heavy atom. The number of para-hydroxylation sites is 1. The highest BCUT2D eigenvalue weighted by Crippen LogP contribution is 2.19. The van der Waals surface area contributed by atoms with Crippen molar-refractivity contribution in [1.29, 1.82) is 0 Å². The Hall–Kier alpha value is -1.70. The van der Waals surface area contributed by atoms with E-state index in [9.17, 15) is 13.6 Å². The van der Waals surface area contributed by atoms with Gasteiger partial charge in [0.05, 0.1) is 5.69 Å². The summed E-state index contributed by atoms with van der Waals surface area (Å²) in [5.74, 6) is -2.12. The molecule has 0 atom stereocenters. The highest BCUT2D eigenvalue weighted by molar-refractivity contribution is 14.1. The van der Waals surface area contributed by atoms with E-state index in [0.29, 0.717) is 11.8 Å². The lowest BCUT2D eigenvalue weighted by Gasteiger charge is -2.09. The number of anilines is 1. The summed E-state index contributed by atoms with van der Waals surface area (Å²) in [6.07, 6.45) is 0. The number of benzene rings is 2. The maximum absolute atomic E-state index is 13.3. The van der Waals surface area contributed by atoms with Crippen LogP contribution in [-0.2, 0) is 4.79 Å². The molecule has 0 bridgehead atoms. The van der Waals surface area contributed by atoms with Gasteiger partial charge in [0.25, 0.3) is 5.91 Å². The Labute approximate surface area is 128 Å². The minimum atomic E-state index is -0.841. The quantitative estimate of drug-likeness (QED) is 0.812. The van der Waals surface area contributed by atoms with Crippen LogP contribution in [0, 0.1) is 15.2 Å². The average Bonchev–Trinajstić information content (AvgIpc) is 2.40. The van der Waals surface area contributed by atoms with Crippen LogP contribution in [0.2, 0.25) is 0 Å². The molecule has 0 aliphatic heterocycles. The first-order chi connectivity index (χ1) is 9.56. The second-order valence-corrected chi connectivity index (χ2v) is 5.05. The van der Waals surface area contributed by atoms with Crippen molar-refractivity contribution in [2.24, 2.45) is 0 Å². The minimum Gasteiger partial charge on any atom is -0.481 e. The summed E-state index contributed by atoms with van der Waals surface area (Å²) < 4.78 is 31.9. The lowest BCUT2D eigenvalue weighted by Crippen LogP contribution is -2.21. The largest absolute Gasteiger partial charge is 0.481 e. The first kappa shape index (κ1) is 14.7. The van der Waals surface area contributed by atoms with Gasteiger partial charge in [-0.1, -0.05) is 12.1 Å². The van der Waals surface area contributed by atoms with Gasteiger partial charge in [0, 0.05) is 9.64 Å². The van der Waals surface area contributed by atoms with Crippen molar-refractivity contribution in [2.45, 2.75) is 0 Å². The van der Waals surface area contributed by atoms with Crippen molar-refractivity contribution in [1.82, 2.24) is 0 Å². The summed E-state index contributed by atoms with van der Waals surface area (Å²) in [5.41, 5.74) is 0.654. The van der Waals surface area contributed by atoms with Crippen molar-refractivity contribution < 1.29 is 18.3 Å². The van der Waals surface area contributed by atoms with Gasteiger partial charge in [-0.3, -0.25) is 4.79 Å². The Balaban J connectivity index is 1.94. The third-order valence-electron chi connectivity index (χ3n) is 2.40. The van der Waals surface area contributed by atoms with Gasteiger partial charge in [-0.25, -0.2) is 8.78 Å². The zero-order chi connectivity index (χ0) is 14.5. The zero-order valence-corrected chi connectivity index (χ0v) is 12.4. The fourth-order valence-corrected chi connectivity index (χ4v) is 2.01. The molecule has 0 saturated carbocycles. The number of carbonyl (C=O) groups is 1. The SMILES string of the molecule is O=C(COc1ccc(F)cc1F)Nc1ccccc1I. The molecule has 0 radical (unpaired) electrons. The third-order valence-corrected chi connectivity index (χ3v) is 3.34. The molecule has 6 heteroatoms. The van der Waals surface area contributed by atoms with E-state index in [4.69, 9.17) is 4.74 Å². The highest BCUT2D eigenvalue weighted by Gasteiger charge is 2.09. The molecule has 0 fully saturated rings. The molecular weight excluding hydrogens is 379 g/mol. The van der Waals surface area contributed by atoms with Gasteiger partial charge in [-0.05, 0) is 46.9 Å². The van der Waals surface area contributed by atoms with Gasteiger partial charge in [0.1, 0.15) is 5.82 Å². The summed E-state index contributed by atoms with van der Waals surface area (Å²) in [6.45, 7) is -0.354. The van der Waals surface area contributed by atoms with E-state index in [2.05, 4.69) is 27.9 Å². The lowest BCUT2D eigenvalue weighted by molar-refractivity contribution is -0.118. The van der Waals surface area contributed by atoms with E-state index >= 15 is 0 Å². The van der Waals surface area contributed by atoms with Crippen molar-refractivity contribution in [3.63, 3.8) is 0 Å². The first-order valence-electron chi connectivity index (χ1n) is 5.68. The number of hydrogen-bond donors (Lipinski definition) is 1. The van der Waals surface area contributed by atoms with Gasteiger partial charge < -0.3 is 10.1 Å². The van der Waals surface area contributed by atoms with E-state index in [0.717, 1.165) is 15.7 Å². The van der Waals surface area contributed by atoms with Crippen LogP contribution in [-0.4, -0.2) is 12.5 Å². The van der Waals surface area contributed by atoms with Crippen molar-refractivity contribution in [2.75, 3.05) is 11.9 Å². The number of rotatable bonds is 4. The fraction of sp³-hybridized carbons (Fsp3) is 0.0714. The normalized spacial score (nSPS) is 10.2. The molecule has 3 nitrogen and oxygen atoms in total. The third kappa shape index (κ3) is 3.89. The molecule has 1 N–H and O–H groups in total. The number of halogens is 3. The lowest BCUT2D eigenvalue weighted by atomic mass is 10.3. The molecule has 0 aliphatic carbocycles. The monoisotopic (exact) mass is 389 g/mol. The summed E-state index contributed by atoms with van der Waals surface area (Å²) in [7, 11) is 0. The Kier molecular flexibility index (Phi) is 4.89. The molecule has 0 saturated heterocycles. The van der Waals surface area contributed by atoms with Crippen LogP contribution in [0.25, 0.3) is 0 Å². The van der Waals surface area contributed by atoms with E-state index in [1.54, 1.807) is 12.1 Å². The second-order valence-electron chi connectivity index (χ2n) is 3.89. The predicted molar refractivity (Wildman–Crippen MR) is 79.6 cm³/mol. The molecule has 2 aromatic carbocycles. The number of carbonyl (C=O) groups excluding carboxylic acids is 1. The minimum absolute atomic E-state index is 0.163. The molecular formula is C14H10F2INO2. The van der Waals surface area contributed by atoms with Gasteiger partial charge in [-0.15, -0.1) is 0 Å². The number of hydrogen-bond acceptors (Lipinski definition) is 2. The molecule has 2 aromatic rings. The Bertz CT molecular complexity index is 634. The first-order valence-corrected chi connectivity index (χ1v) is 6.76. The summed E-state index contributed by atoms with van der Waals surface area (Å²) >= 11 is 2.09. The van der Waals surface area contributed by atoms with Crippen LogP contribution in [0.1, 0.15) is 0 Å². The summed E-state index contributed by atoms with van der Waals surface area (Å²) in [5, 5.41) is 2.64. The van der Waals surface area contributed by atoms with Gasteiger partial charge in [-0.2, -0.15) is 0 Å². The zero-order valence-electron chi connectivity index (χ0n) is 10.2. The van der Waals surface area contributed by atoms with Gasteiger partial charge >= 0.3 is 0 Å². The maximum Gasteiger partial charge on any atom is 0.262 e. The van der Waals surface area contributed by atoms with Crippen molar-refractivity contribution >= 4 is 34.2 Å². The topological polar surface area (TPSA) is 38.3 Å². The van der Waals surface area contributed by atoms with Gasteiger partial charge in [0.15, 0.2) is 18.2 Å². The number of ether oxygens (including phenoxy) is 1.